The van der Waals surface area contributed by atoms with Gasteiger partial charge in [0.25, 0.3) is 0 Å². The number of carbonyl (C=O) groups is 2. The van der Waals surface area contributed by atoms with E-state index in [1.165, 1.54) is 0 Å². The second-order valence-corrected chi connectivity index (χ2v) is 4.66. The fourth-order valence-electron chi connectivity index (χ4n) is 2.31. The van der Waals surface area contributed by atoms with Crippen LogP contribution in [0.15, 0.2) is 47.6 Å². The van der Waals surface area contributed by atoms with Crippen LogP contribution in [0.25, 0.3) is 0 Å². The molecule has 0 bridgehead atoms. The van der Waals surface area contributed by atoms with Gasteiger partial charge >= 0.3 is 0 Å². The van der Waals surface area contributed by atoms with E-state index < -0.39 is 0 Å². The molecule has 0 saturated carbocycles. The number of carbonyl (C=O) groups excluding carboxylic acids is 2. The average Bonchev–Trinajstić information content (AvgIpc) is 2.36. The van der Waals surface area contributed by atoms with Gasteiger partial charge in [-0.1, -0.05) is 36.4 Å². The maximum atomic E-state index is 12.3. The molecule has 2 aliphatic carbocycles. The lowest BCUT2D eigenvalue weighted by molar-refractivity contribution is 0.0974. The van der Waals surface area contributed by atoms with E-state index in [4.69, 9.17) is 11.6 Å². The summed E-state index contributed by atoms with van der Waals surface area (Å²) in [6, 6.07) is 6.89. The van der Waals surface area contributed by atoms with E-state index in [1.54, 1.807) is 30.3 Å². The summed E-state index contributed by atoms with van der Waals surface area (Å²) in [7, 11) is 0. The van der Waals surface area contributed by atoms with Crippen molar-refractivity contribution in [2.45, 2.75) is 11.8 Å². The summed E-state index contributed by atoms with van der Waals surface area (Å²) in [5.41, 5.74) is 1.86. The van der Waals surface area contributed by atoms with Crippen LogP contribution in [0.3, 0.4) is 0 Å². The standard InChI is InChI=1S/C14H9ClO2/c15-11-7-3-6-10-12(11)14(17)9-5-2-1-4-8(9)13(10)16/h1-6,11H,7H2. The maximum absolute atomic E-state index is 12.3. The highest BCUT2D eigenvalue weighted by molar-refractivity contribution is 6.34. The van der Waals surface area contributed by atoms with Gasteiger partial charge in [0.2, 0.25) is 0 Å². The number of rotatable bonds is 0. The van der Waals surface area contributed by atoms with Crippen molar-refractivity contribution in [1.82, 2.24) is 0 Å². The molecule has 0 N–H and O–H groups in total. The SMILES string of the molecule is O=C1C2=C(C(=O)c3ccccc31)C(Cl)CC=C2. The predicted octanol–water partition coefficient (Wildman–Crippen LogP) is 2.93. The molecule has 2 aliphatic rings. The first-order chi connectivity index (χ1) is 8.20. The number of fused-ring (bicyclic) bond motifs is 1. The number of alkyl halides is 1. The molecule has 0 amide bonds. The van der Waals surface area contributed by atoms with Crippen molar-refractivity contribution in [3.05, 3.63) is 58.7 Å². The molecule has 1 atom stereocenters. The Bertz CT molecular complexity index is 596. The average molecular weight is 245 g/mol. The zero-order chi connectivity index (χ0) is 12.0. The van der Waals surface area contributed by atoms with Crippen molar-refractivity contribution in [3.63, 3.8) is 0 Å². The molecule has 3 heteroatoms. The van der Waals surface area contributed by atoms with Crippen LogP contribution in [0.2, 0.25) is 0 Å². The van der Waals surface area contributed by atoms with E-state index in [0.717, 1.165) is 0 Å². The fourth-order valence-corrected chi connectivity index (χ4v) is 2.63. The Morgan fingerprint density at radius 1 is 1.06 bits per heavy atom. The Kier molecular flexibility index (Phi) is 2.26. The van der Waals surface area contributed by atoms with Gasteiger partial charge in [0.1, 0.15) is 0 Å². The van der Waals surface area contributed by atoms with E-state index in [-0.39, 0.29) is 16.9 Å². The first-order valence-corrected chi connectivity index (χ1v) is 5.87. The summed E-state index contributed by atoms with van der Waals surface area (Å²) in [6.45, 7) is 0. The van der Waals surface area contributed by atoms with Gasteiger partial charge < -0.3 is 0 Å². The van der Waals surface area contributed by atoms with Gasteiger partial charge in [-0.2, -0.15) is 0 Å². The summed E-state index contributed by atoms with van der Waals surface area (Å²) in [6.07, 6.45) is 4.15. The lowest BCUT2D eigenvalue weighted by atomic mass is 9.80. The lowest BCUT2D eigenvalue weighted by Gasteiger charge is -2.24. The van der Waals surface area contributed by atoms with E-state index in [2.05, 4.69) is 0 Å². The highest BCUT2D eigenvalue weighted by Crippen LogP contribution is 2.34. The van der Waals surface area contributed by atoms with Crippen LogP contribution in [0.4, 0.5) is 0 Å². The molecule has 0 aromatic heterocycles. The lowest BCUT2D eigenvalue weighted by Crippen LogP contribution is -2.27. The third-order valence-corrected chi connectivity index (χ3v) is 3.53. The molecule has 0 aliphatic heterocycles. The zero-order valence-corrected chi connectivity index (χ0v) is 9.70. The monoisotopic (exact) mass is 244 g/mol. The minimum absolute atomic E-state index is 0.100. The largest absolute Gasteiger partial charge is 0.289 e. The van der Waals surface area contributed by atoms with Crippen molar-refractivity contribution in [3.8, 4) is 0 Å². The van der Waals surface area contributed by atoms with Gasteiger partial charge in [-0.05, 0) is 6.42 Å². The molecule has 0 radical (unpaired) electrons. The summed E-state index contributed by atoms with van der Waals surface area (Å²) >= 11 is 6.13. The molecule has 84 valence electrons. The van der Waals surface area contributed by atoms with E-state index in [9.17, 15) is 9.59 Å². The second kappa shape index (κ2) is 3.67. The number of allylic oxidation sites excluding steroid dienone is 4. The van der Waals surface area contributed by atoms with Crippen molar-refractivity contribution < 1.29 is 9.59 Å². The molecule has 3 rings (SSSR count). The summed E-state index contributed by atoms with van der Waals surface area (Å²) in [4.78, 5) is 24.5. The minimum Gasteiger partial charge on any atom is -0.289 e. The van der Waals surface area contributed by atoms with Crippen LogP contribution >= 0.6 is 11.6 Å². The van der Waals surface area contributed by atoms with Gasteiger partial charge in [0.05, 0.1) is 5.38 Å². The van der Waals surface area contributed by atoms with Gasteiger partial charge in [-0.3, -0.25) is 9.59 Å². The molecule has 0 fully saturated rings. The number of Topliss-reactive ketones (excluding diaryl/α,β-unsaturated/α-hetero) is 2. The quantitative estimate of drug-likeness (QED) is 0.658. The number of hydrogen-bond donors (Lipinski definition) is 0. The molecule has 0 spiro atoms. The Morgan fingerprint density at radius 3 is 2.41 bits per heavy atom. The molecular weight excluding hydrogens is 236 g/mol. The third kappa shape index (κ3) is 1.41. The van der Waals surface area contributed by atoms with Crippen LogP contribution < -0.4 is 0 Å². The van der Waals surface area contributed by atoms with Crippen LogP contribution in [0, 0.1) is 0 Å². The third-order valence-electron chi connectivity index (χ3n) is 3.14. The molecule has 0 saturated heterocycles. The van der Waals surface area contributed by atoms with Crippen molar-refractivity contribution in [2.75, 3.05) is 0 Å². The van der Waals surface area contributed by atoms with E-state index in [0.29, 0.717) is 28.7 Å². The number of benzene rings is 1. The van der Waals surface area contributed by atoms with Gasteiger partial charge in [0.15, 0.2) is 11.6 Å². The Balaban J connectivity index is 2.27. The van der Waals surface area contributed by atoms with Crippen molar-refractivity contribution >= 4 is 23.2 Å². The van der Waals surface area contributed by atoms with E-state index in [1.807, 2.05) is 6.08 Å². The Hall–Kier alpha value is -1.67. The van der Waals surface area contributed by atoms with Crippen LogP contribution in [-0.2, 0) is 0 Å². The summed E-state index contributed by atoms with van der Waals surface area (Å²) < 4.78 is 0. The van der Waals surface area contributed by atoms with Crippen LogP contribution in [0.5, 0.6) is 0 Å². The van der Waals surface area contributed by atoms with Gasteiger partial charge in [-0.15, -0.1) is 11.6 Å². The normalized spacial score (nSPS) is 22.5. The Morgan fingerprint density at radius 2 is 1.71 bits per heavy atom. The molecule has 0 heterocycles. The van der Waals surface area contributed by atoms with E-state index >= 15 is 0 Å². The number of ketones is 2. The maximum Gasteiger partial charge on any atom is 0.194 e. The summed E-state index contributed by atoms with van der Waals surface area (Å²) in [5, 5.41) is -0.389. The van der Waals surface area contributed by atoms with Crippen LogP contribution in [-0.4, -0.2) is 16.9 Å². The first-order valence-electron chi connectivity index (χ1n) is 5.43. The molecule has 2 nitrogen and oxygen atoms in total. The Labute approximate surface area is 104 Å². The van der Waals surface area contributed by atoms with Gasteiger partial charge in [0, 0.05) is 22.3 Å². The predicted molar refractivity (Wildman–Crippen MR) is 65.5 cm³/mol. The minimum atomic E-state index is -0.389. The fraction of sp³-hybridized carbons (Fsp3) is 0.143. The highest BCUT2D eigenvalue weighted by Gasteiger charge is 2.35. The van der Waals surface area contributed by atoms with Crippen molar-refractivity contribution in [1.29, 1.82) is 0 Å². The molecule has 1 unspecified atom stereocenters. The topological polar surface area (TPSA) is 34.1 Å². The smallest absolute Gasteiger partial charge is 0.194 e. The summed E-state index contributed by atoms with van der Waals surface area (Å²) in [5.74, 6) is -0.212. The molecule has 1 aromatic carbocycles. The molecular formula is C14H9ClO2. The second-order valence-electron chi connectivity index (χ2n) is 4.14. The molecule has 1 aromatic rings. The number of hydrogen-bond acceptors (Lipinski definition) is 2. The number of halogens is 1. The first kappa shape index (κ1) is 10.5. The zero-order valence-electron chi connectivity index (χ0n) is 8.94. The van der Waals surface area contributed by atoms with Crippen molar-refractivity contribution in [2.24, 2.45) is 0 Å². The molecule has 17 heavy (non-hydrogen) atoms. The highest BCUT2D eigenvalue weighted by atomic mass is 35.5. The van der Waals surface area contributed by atoms with Crippen LogP contribution in [0.1, 0.15) is 27.1 Å². The van der Waals surface area contributed by atoms with Gasteiger partial charge in [-0.25, -0.2) is 0 Å².